The van der Waals surface area contributed by atoms with E-state index in [1.807, 2.05) is 12.1 Å². The first-order chi connectivity index (χ1) is 7.08. The minimum atomic E-state index is 0.0980. The first-order valence-corrected chi connectivity index (χ1v) is 6.01. The number of rotatable bonds is 2. The molecule has 4 heteroatoms. The molecule has 0 spiro atoms. The van der Waals surface area contributed by atoms with E-state index in [1.54, 1.807) is 6.07 Å². The van der Waals surface area contributed by atoms with Crippen molar-refractivity contribution in [2.45, 2.75) is 13.3 Å². The van der Waals surface area contributed by atoms with E-state index in [4.69, 9.17) is 11.6 Å². The summed E-state index contributed by atoms with van der Waals surface area (Å²) < 4.78 is 0.835. The average Bonchev–Trinajstić information content (AvgIpc) is 2.89. The molecule has 0 radical (unpaired) electrons. The fourth-order valence-corrected chi connectivity index (χ4v) is 1.92. The number of halogens is 2. The lowest BCUT2D eigenvalue weighted by molar-refractivity contribution is -0.117. The van der Waals surface area contributed by atoms with Crippen molar-refractivity contribution in [3.63, 3.8) is 0 Å². The van der Waals surface area contributed by atoms with Gasteiger partial charge in [-0.1, -0.05) is 18.5 Å². The minimum Gasteiger partial charge on any atom is -0.326 e. The van der Waals surface area contributed by atoms with Gasteiger partial charge < -0.3 is 5.32 Å². The average molecular weight is 289 g/mol. The van der Waals surface area contributed by atoms with Crippen LogP contribution in [0.5, 0.6) is 0 Å². The molecule has 0 heterocycles. The van der Waals surface area contributed by atoms with Crippen molar-refractivity contribution in [2.75, 3.05) is 5.32 Å². The predicted molar refractivity (Wildman–Crippen MR) is 65.1 cm³/mol. The summed E-state index contributed by atoms with van der Waals surface area (Å²) in [6.45, 7) is 2.08. The molecule has 80 valence electrons. The van der Waals surface area contributed by atoms with Crippen LogP contribution in [0.1, 0.15) is 13.3 Å². The summed E-state index contributed by atoms with van der Waals surface area (Å²) >= 11 is 9.22. The van der Waals surface area contributed by atoms with Gasteiger partial charge in [-0.15, -0.1) is 0 Å². The van der Waals surface area contributed by atoms with Crippen molar-refractivity contribution >= 4 is 39.1 Å². The molecular formula is C11H11BrClNO. The molecule has 2 nitrogen and oxygen atoms in total. The number of hydrogen-bond acceptors (Lipinski definition) is 1. The van der Waals surface area contributed by atoms with Gasteiger partial charge in [-0.25, -0.2) is 0 Å². The molecule has 1 aromatic carbocycles. The Kier molecular flexibility index (Phi) is 3.03. The third-order valence-corrected chi connectivity index (χ3v) is 3.87. The Morgan fingerprint density at radius 2 is 2.27 bits per heavy atom. The van der Waals surface area contributed by atoms with Gasteiger partial charge in [-0.05, 0) is 46.5 Å². The van der Waals surface area contributed by atoms with Crippen molar-refractivity contribution < 1.29 is 4.79 Å². The molecule has 0 aliphatic heterocycles. The number of carbonyl (C=O) groups is 1. The number of nitrogens with one attached hydrogen (secondary N) is 1. The zero-order valence-electron chi connectivity index (χ0n) is 8.26. The lowest BCUT2D eigenvalue weighted by atomic mass is 10.3. The van der Waals surface area contributed by atoms with Gasteiger partial charge in [0.1, 0.15) is 0 Å². The normalized spacial score (nSPS) is 23.7. The molecule has 0 saturated heterocycles. The summed E-state index contributed by atoms with van der Waals surface area (Å²) in [7, 11) is 0. The summed E-state index contributed by atoms with van der Waals surface area (Å²) in [5.41, 5.74) is 0.757. The third kappa shape index (κ3) is 2.52. The van der Waals surface area contributed by atoms with E-state index in [2.05, 4.69) is 28.2 Å². The SMILES string of the molecule is C[C@H]1C[C@@H]1C(=O)Nc1ccc(Br)c(Cl)c1. The maximum atomic E-state index is 11.6. The second-order valence-corrected chi connectivity index (χ2v) is 5.20. The minimum absolute atomic E-state index is 0.0980. The van der Waals surface area contributed by atoms with Crippen LogP contribution in [0.3, 0.4) is 0 Å². The van der Waals surface area contributed by atoms with E-state index in [9.17, 15) is 4.79 Å². The number of hydrogen-bond donors (Lipinski definition) is 1. The first-order valence-electron chi connectivity index (χ1n) is 4.84. The number of carbonyl (C=O) groups excluding carboxylic acids is 1. The molecule has 1 amide bonds. The third-order valence-electron chi connectivity index (χ3n) is 2.63. The second-order valence-electron chi connectivity index (χ2n) is 3.94. The van der Waals surface area contributed by atoms with Crippen LogP contribution in [0.4, 0.5) is 5.69 Å². The van der Waals surface area contributed by atoms with Crippen LogP contribution in [0, 0.1) is 11.8 Å². The smallest absolute Gasteiger partial charge is 0.227 e. The lowest BCUT2D eigenvalue weighted by Crippen LogP contribution is -2.14. The molecule has 1 fully saturated rings. The Labute approximate surface area is 102 Å². The molecule has 1 aromatic rings. The summed E-state index contributed by atoms with van der Waals surface area (Å²) in [5.74, 6) is 0.809. The highest BCUT2D eigenvalue weighted by molar-refractivity contribution is 9.10. The molecular weight excluding hydrogens is 277 g/mol. The van der Waals surface area contributed by atoms with Crippen molar-refractivity contribution in [1.82, 2.24) is 0 Å². The van der Waals surface area contributed by atoms with E-state index >= 15 is 0 Å². The molecule has 0 aromatic heterocycles. The monoisotopic (exact) mass is 287 g/mol. The summed E-state index contributed by atoms with van der Waals surface area (Å²) in [6.07, 6.45) is 0.996. The standard InChI is InChI=1S/C11H11BrClNO/c1-6-4-8(6)11(15)14-7-2-3-9(12)10(13)5-7/h2-3,5-6,8H,4H2,1H3,(H,14,15)/t6-,8-/m0/s1. The number of anilines is 1. The van der Waals surface area contributed by atoms with Gasteiger partial charge in [0, 0.05) is 16.1 Å². The van der Waals surface area contributed by atoms with Gasteiger partial charge in [-0.3, -0.25) is 4.79 Å². The molecule has 2 atom stereocenters. The Hall–Kier alpha value is -0.540. The van der Waals surface area contributed by atoms with Crippen molar-refractivity contribution in [2.24, 2.45) is 11.8 Å². The fraction of sp³-hybridized carbons (Fsp3) is 0.364. The van der Waals surface area contributed by atoms with Crippen LogP contribution in [0.15, 0.2) is 22.7 Å². The molecule has 2 rings (SSSR count). The fourth-order valence-electron chi connectivity index (χ4n) is 1.50. The van der Waals surface area contributed by atoms with Crippen LogP contribution in [0.2, 0.25) is 5.02 Å². The van der Waals surface area contributed by atoms with Crippen molar-refractivity contribution in [3.8, 4) is 0 Å². The van der Waals surface area contributed by atoms with Gasteiger partial charge in [0.15, 0.2) is 0 Å². The van der Waals surface area contributed by atoms with Gasteiger partial charge in [0.25, 0.3) is 0 Å². The Morgan fingerprint density at radius 1 is 1.60 bits per heavy atom. The Balaban J connectivity index is 2.04. The largest absolute Gasteiger partial charge is 0.326 e. The van der Waals surface area contributed by atoms with Crippen LogP contribution in [-0.2, 0) is 4.79 Å². The Bertz CT molecular complexity index is 408. The molecule has 15 heavy (non-hydrogen) atoms. The van der Waals surface area contributed by atoms with E-state index in [-0.39, 0.29) is 11.8 Å². The number of benzene rings is 1. The maximum Gasteiger partial charge on any atom is 0.227 e. The van der Waals surface area contributed by atoms with Gasteiger partial charge in [-0.2, -0.15) is 0 Å². The van der Waals surface area contributed by atoms with Crippen molar-refractivity contribution in [1.29, 1.82) is 0 Å². The molecule has 1 saturated carbocycles. The van der Waals surface area contributed by atoms with Gasteiger partial charge in [0.05, 0.1) is 5.02 Å². The quantitative estimate of drug-likeness (QED) is 0.883. The molecule has 0 unspecified atom stereocenters. The lowest BCUT2D eigenvalue weighted by Gasteiger charge is -2.05. The van der Waals surface area contributed by atoms with E-state index in [0.717, 1.165) is 16.6 Å². The molecule has 1 aliphatic rings. The number of amides is 1. The summed E-state index contributed by atoms with van der Waals surface area (Å²) in [6, 6.07) is 5.41. The van der Waals surface area contributed by atoms with Gasteiger partial charge >= 0.3 is 0 Å². The highest BCUT2D eigenvalue weighted by atomic mass is 79.9. The van der Waals surface area contributed by atoms with Crippen LogP contribution >= 0.6 is 27.5 Å². The first kappa shape index (κ1) is 11.0. The highest BCUT2D eigenvalue weighted by Crippen LogP contribution is 2.38. The van der Waals surface area contributed by atoms with E-state index in [1.165, 1.54) is 0 Å². The predicted octanol–water partition coefficient (Wildman–Crippen LogP) is 3.70. The topological polar surface area (TPSA) is 29.1 Å². The zero-order valence-corrected chi connectivity index (χ0v) is 10.6. The van der Waals surface area contributed by atoms with Crippen LogP contribution in [0.25, 0.3) is 0 Å². The highest BCUT2D eigenvalue weighted by Gasteiger charge is 2.39. The Morgan fingerprint density at radius 3 is 2.80 bits per heavy atom. The van der Waals surface area contributed by atoms with Crippen molar-refractivity contribution in [3.05, 3.63) is 27.7 Å². The van der Waals surface area contributed by atoms with E-state index < -0.39 is 0 Å². The van der Waals surface area contributed by atoms with Crippen LogP contribution in [-0.4, -0.2) is 5.91 Å². The zero-order chi connectivity index (χ0) is 11.0. The van der Waals surface area contributed by atoms with E-state index in [0.29, 0.717) is 10.9 Å². The maximum absolute atomic E-state index is 11.6. The van der Waals surface area contributed by atoms with Crippen LogP contribution < -0.4 is 5.32 Å². The molecule has 1 aliphatic carbocycles. The molecule has 0 bridgehead atoms. The summed E-state index contributed by atoms with van der Waals surface area (Å²) in [4.78, 5) is 11.6. The van der Waals surface area contributed by atoms with Gasteiger partial charge in [0.2, 0.25) is 5.91 Å². The second kappa shape index (κ2) is 4.14. The summed E-state index contributed by atoms with van der Waals surface area (Å²) in [5, 5.41) is 3.47. The molecule has 1 N–H and O–H groups in total.